The number of nitrogens with zero attached hydrogens (tertiary/aromatic N) is 5. The summed E-state index contributed by atoms with van der Waals surface area (Å²) in [5.41, 5.74) is -0.103. The molecule has 118 valence electrons. The molecule has 2 fully saturated rings. The molecule has 9 heteroatoms. The summed E-state index contributed by atoms with van der Waals surface area (Å²) in [5, 5.41) is 23.8. The van der Waals surface area contributed by atoms with Crippen LogP contribution in [0.1, 0.15) is 24.2 Å². The van der Waals surface area contributed by atoms with E-state index in [-0.39, 0.29) is 6.10 Å². The van der Waals surface area contributed by atoms with Crippen molar-refractivity contribution < 1.29 is 14.6 Å². The van der Waals surface area contributed by atoms with Crippen molar-refractivity contribution in [1.29, 1.82) is 0 Å². The summed E-state index contributed by atoms with van der Waals surface area (Å²) >= 11 is 6.09. The van der Waals surface area contributed by atoms with Crippen LogP contribution in [0.2, 0.25) is 5.02 Å². The first-order valence-corrected chi connectivity index (χ1v) is 7.50. The van der Waals surface area contributed by atoms with Gasteiger partial charge in [-0.05, 0) is 12.8 Å². The van der Waals surface area contributed by atoms with Gasteiger partial charge in [-0.15, -0.1) is 5.10 Å². The summed E-state index contributed by atoms with van der Waals surface area (Å²) in [6, 6.07) is 0. The van der Waals surface area contributed by atoms with Crippen LogP contribution in [0, 0.1) is 0 Å². The summed E-state index contributed by atoms with van der Waals surface area (Å²) in [7, 11) is 1.80. The molecule has 3 atom stereocenters. The normalized spacial score (nSPS) is 30.9. The Bertz CT molecular complexity index is 702. The number of halogens is 1. The van der Waals surface area contributed by atoms with E-state index in [9.17, 15) is 5.11 Å². The fraction of sp³-hybridized carbons (Fsp3) is 0.615. The van der Waals surface area contributed by atoms with Crippen molar-refractivity contribution in [2.75, 3.05) is 6.61 Å². The zero-order valence-electron chi connectivity index (χ0n) is 12.0. The monoisotopic (exact) mass is 325 g/mol. The second kappa shape index (κ2) is 5.02. The Labute approximate surface area is 131 Å². The molecule has 0 aliphatic carbocycles. The maximum atomic E-state index is 10.9. The van der Waals surface area contributed by atoms with Crippen LogP contribution in [-0.4, -0.2) is 48.9 Å². The highest BCUT2D eigenvalue weighted by atomic mass is 35.5. The molecule has 2 bridgehead atoms. The van der Waals surface area contributed by atoms with Gasteiger partial charge in [0.1, 0.15) is 11.4 Å². The van der Waals surface area contributed by atoms with Gasteiger partial charge >= 0.3 is 0 Å². The van der Waals surface area contributed by atoms with Crippen molar-refractivity contribution in [3.63, 3.8) is 0 Å². The molecule has 0 radical (unpaired) electrons. The standard InChI is InChI=1S/C13H16ClN5O3/c1-18-4-9(14)10(16-18)5-19-6-11(15-17-19)13(20)3-2-8-7-21-12(13)22-8/h4,6,8,12,20H,2-3,5,7H2,1H3/t8-,12+,13?/m0/s1. The SMILES string of the molecule is Cn1cc(Cl)c(Cn2cc(C3(O)CC[C@H]4CO[C@@H]3O4)nn2)n1. The van der Waals surface area contributed by atoms with Gasteiger partial charge in [-0.3, -0.25) is 4.68 Å². The summed E-state index contributed by atoms with van der Waals surface area (Å²) in [5.74, 6) is 0. The zero-order valence-corrected chi connectivity index (χ0v) is 12.8. The van der Waals surface area contributed by atoms with Crippen molar-refractivity contribution in [1.82, 2.24) is 24.8 Å². The van der Waals surface area contributed by atoms with Gasteiger partial charge < -0.3 is 14.6 Å². The average molecular weight is 326 g/mol. The van der Waals surface area contributed by atoms with Crippen LogP contribution in [0.25, 0.3) is 0 Å². The smallest absolute Gasteiger partial charge is 0.192 e. The minimum atomic E-state index is -1.25. The largest absolute Gasteiger partial charge is 0.378 e. The van der Waals surface area contributed by atoms with Crippen LogP contribution in [0.3, 0.4) is 0 Å². The van der Waals surface area contributed by atoms with E-state index >= 15 is 0 Å². The second-order valence-electron chi connectivity index (χ2n) is 5.79. The Hall–Kier alpha value is -1.48. The third-order valence-electron chi connectivity index (χ3n) is 4.14. The Balaban J connectivity index is 1.57. The summed E-state index contributed by atoms with van der Waals surface area (Å²) < 4.78 is 14.4. The number of ether oxygens (including phenoxy) is 2. The highest BCUT2D eigenvalue weighted by molar-refractivity contribution is 6.31. The first-order chi connectivity index (χ1) is 10.5. The Kier molecular flexibility index (Phi) is 3.23. The Morgan fingerprint density at radius 3 is 3.14 bits per heavy atom. The molecule has 22 heavy (non-hydrogen) atoms. The molecule has 0 spiro atoms. The first kappa shape index (κ1) is 14.1. The minimum absolute atomic E-state index is 0.0765. The molecular weight excluding hydrogens is 310 g/mol. The van der Waals surface area contributed by atoms with E-state index in [0.717, 1.165) is 6.42 Å². The topological polar surface area (TPSA) is 87.2 Å². The first-order valence-electron chi connectivity index (χ1n) is 7.13. The Morgan fingerprint density at radius 1 is 1.50 bits per heavy atom. The maximum Gasteiger partial charge on any atom is 0.192 e. The lowest BCUT2D eigenvalue weighted by Crippen LogP contribution is -2.44. The molecule has 2 aliphatic rings. The number of aromatic nitrogens is 5. The number of aryl methyl sites for hydroxylation is 1. The van der Waals surface area contributed by atoms with Crippen LogP contribution in [0.15, 0.2) is 12.4 Å². The van der Waals surface area contributed by atoms with Gasteiger partial charge in [-0.1, -0.05) is 16.8 Å². The summed E-state index contributed by atoms with van der Waals surface area (Å²) in [6.07, 6.45) is 4.11. The minimum Gasteiger partial charge on any atom is -0.378 e. The quantitative estimate of drug-likeness (QED) is 0.881. The molecule has 2 saturated heterocycles. The van der Waals surface area contributed by atoms with Gasteiger partial charge in [-0.25, -0.2) is 4.68 Å². The van der Waals surface area contributed by atoms with Crippen LogP contribution >= 0.6 is 11.6 Å². The molecule has 0 aromatic carbocycles. The number of hydrogen-bond acceptors (Lipinski definition) is 6. The lowest BCUT2D eigenvalue weighted by atomic mass is 9.90. The van der Waals surface area contributed by atoms with E-state index in [2.05, 4.69) is 15.4 Å². The molecule has 1 unspecified atom stereocenters. The lowest BCUT2D eigenvalue weighted by molar-refractivity contribution is -0.219. The summed E-state index contributed by atoms with van der Waals surface area (Å²) in [6.45, 7) is 0.905. The molecule has 4 rings (SSSR count). The molecule has 2 aliphatic heterocycles. The molecule has 4 heterocycles. The lowest BCUT2D eigenvalue weighted by Gasteiger charge is -2.34. The molecule has 1 N–H and O–H groups in total. The van der Waals surface area contributed by atoms with Crippen molar-refractivity contribution in [2.45, 2.75) is 37.4 Å². The van der Waals surface area contributed by atoms with E-state index in [0.29, 0.717) is 36.0 Å². The van der Waals surface area contributed by atoms with Crippen molar-refractivity contribution >= 4 is 11.6 Å². The van der Waals surface area contributed by atoms with Crippen molar-refractivity contribution in [3.8, 4) is 0 Å². The molecule has 2 aromatic rings. The number of hydrogen-bond donors (Lipinski definition) is 1. The van der Waals surface area contributed by atoms with Gasteiger partial charge in [0.2, 0.25) is 0 Å². The molecule has 2 aromatic heterocycles. The van der Waals surface area contributed by atoms with Gasteiger partial charge in [0.05, 0.1) is 30.5 Å². The van der Waals surface area contributed by atoms with E-state index in [4.69, 9.17) is 21.1 Å². The Morgan fingerprint density at radius 2 is 2.36 bits per heavy atom. The molecule has 8 nitrogen and oxygen atoms in total. The van der Waals surface area contributed by atoms with Crippen molar-refractivity contribution in [3.05, 3.63) is 28.8 Å². The van der Waals surface area contributed by atoms with Crippen molar-refractivity contribution in [2.24, 2.45) is 7.05 Å². The van der Waals surface area contributed by atoms with Gasteiger partial charge in [0.15, 0.2) is 11.9 Å². The fourth-order valence-electron chi connectivity index (χ4n) is 2.94. The van der Waals surface area contributed by atoms with Crippen LogP contribution in [-0.2, 0) is 28.7 Å². The summed E-state index contributed by atoms with van der Waals surface area (Å²) in [4.78, 5) is 0. The molecule has 0 amide bonds. The highest BCUT2D eigenvalue weighted by Gasteiger charge is 2.51. The zero-order chi connectivity index (χ0) is 15.3. The third-order valence-corrected chi connectivity index (χ3v) is 4.45. The van der Waals surface area contributed by atoms with E-state index in [1.165, 1.54) is 0 Å². The fourth-order valence-corrected chi connectivity index (χ4v) is 3.18. The van der Waals surface area contributed by atoms with E-state index in [1.54, 1.807) is 28.8 Å². The number of rotatable bonds is 3. The molecule has 0 saturated carbocycles. The highest BCUT2D eigenvalue weighted by Crippen LogP contribution is 2.40. The third kappa shape index (κ3) is 2.23. The van der Waals surface area contributed by atoms with Gasteiger partial charge in [0, 0.05) is 13.2 Å². The van der Waals surface area contributed by atoms with Crippen LogP contribution < -0.4 is 0 Å². The number of fused-ring (bicyclic) bond motifs is 2. The van der Waals surface area contributed by atoms with Crippen LogP contribution in [0.5, 0.6) is 0 Å². The van der Waals surface area contributed by atoms with E-state index < -0.39 is 11.9 Å². The molecular formula is C13H16ClN5O3. The maximum absolute atomic E-state index is 10.9. The average Bonchev–Trinajstić information content (AvgIpc) is 3.17. The number of aliphatic hydroxyl groups is 1. The van der Waals surface area contributed by atoms with Crippen LogP contribution in [0.4, 0.5) is 0 Å². The van der Waals surface area contributed by atoms with Gasteiger partial charge in [0.25, 0.3) is 0 Å². The predicted octanol–water partition coefficient (Wildman–Crippen LogP) is 0.436. The van der Waals surface area contributed by atoms with Gasteiger partial charge in [-0.2, -0.15) is 5.10 Å². The van der Waals surface area contributed by atoms with E-state index in [1.807, 2.05) is 0 Å². The second-order valence-corrected chi connectivity index (χ2v) is 6.19. The predicted molar refractivity (Wildman–Crippen MR) is 75.1 cm³/mol.